The molecule has 3 heteroatoms. The highest BCUT2D eigenvalue weighted by Crippen LogP contribution is 2.39. The minimum absolute atomic E-state index is 0.296. The predicted molar refractivity (Wildman–Crippen MR) is 85.2 cm³/mol. The van der Waals surface area contributed by atoms with Gasteiger partial charge in [-0.2, -0.15) is 0 Å². The third-order valence-corrected chi connectivity index (χ3v) is 4.86. The van der Waals surface area contributed by atoms with Crippen molar-refractivity contribution in [2.45, 2.75) is 32.2 Å². The van der Waals surface area contributed by atoms with E-state index in [1.807, 2.05) is 6.07 Å². The molecule has 0 radical (unpaired) electrons. The monoisotopic (exact) mass is 293 g/mol. The summed E-state index contributed by atoms with van der Waals surface area (Å²) in [6.45, 7) is 5.33. The van der Waals surface area contributed by atoms with E-state index in [0.29, 0.717) is 12.0 Å². The molecule has 1 aromatic carbocycles. The van der Waals surface area contributed by atoms with Crippen LogP contribution in [0.5, 0.6) is 0 Å². The molecule has 2 rings (SSSR count). The zero-order valence-electron chi connectivity index (χ0n) is 11.4. The molecule has 2 unspecified atom stereocenters. The van der Waals surface area contributed by atoms with Crippen molar-refractivity contribution in [2.75, 3.05) is 6.54 Å². The summed E-state index contributed by atoms with van der Waals surface area (Å²) in [6.07, 6.45) is 1.09. The summed E-state index contributed by atoms with van der Waals surface area (Å²) in [6, 6.07) is 13.0. The molecule has 2 atom stereocenters. The average Bonchev–Trinajstić information content (AvgIpc) is 2.86. The standard InChI is InChI=1S/C16H20ClNS/c1-3-13(12-8-6-5-7-9-12)15(18-4-2)16-14(17)10-11-19-16/h5-11,13,15,18H,3-4H2,1-2H3. The largest absolute Gasteiger partial charge is 0.309 e. The van der Waals surface area contributed by atoms with Crippen LogP contribution in [-0.2, 0) is 0 Å². The van der Waals surface area contributed by atoms with E-state index < -0.39 is 0 Å². The lowest BCUT2D eigenvalue weighted by molar-refractivity contribution is 0.452. The first-order chi connectivity index (χ1) is 9.27. The molecule has 0 spiro atoms. The van der Waals surface area contributed by atoms with Crippen molar-refractivity contribution in [3.05, 3.63) is 57.2 Å². The van der Waals surface area contributed by atoms with Gasteiger partial charge in [-0.25, -0.2) is 0 Å². The maximum atomic E-state index is 6.33. The van der Waals surface area contributed by atoms with Crippen LogP contribution in [0.15, 0.2) is 41.8 Å². The van der Waals surface area contributed by atoms with Gasteiger partial charge in [0, 0.05) is 16.8 Å². The molecule has 0 aliphatic heterocycles. The van der Waals surface area contributed by atoms with Gasteiger partial charge in [0.25, 0.3) is 0 Å². The highest BCUT2D eigenvalue weighted by atomic mass is 35.5. The molecule has 19 heavy (non-hydrogen) atoms. The summed E-state index contributed by atoms with van der Waals surface area (Å²) < 4.78 is 0. The van der Waals surface area contributed by atoms with Crippen molar-refractivity contribution in [2.24, 2.45) is 0 Å². The maximum absolute atomic E-state index is 6.33. The van der Waals surface area contributed by atoms with Crippen LogP contribution in [0.3, 0.4) is 0 Å². The van der Waals surface area contributed by atoms with E-state index in [-0.39, 0.29) is 0 Å². The highest BCUT2D eigenvalue weighted by molar-refractivity contribution is 7.10. The minimum atomic E-state index is 0.296. The summed E-state index contributed by atoms with van der Waals surface area (Å²) in [7, 11) is 0. The quantitative estimate of drug-likeness (QED) is 0.767. The predicted octanol–water partition coefficient (Wildman–Crippen LogP) is 5.25. The molecule has 0 amide bonds. The van der Waals surface area contributed by atoms with Crippen LogP contribution in [0.25, 0.3) is 0 Å². The molecule has 0 aliphatic carbocycles. The van der Waals surface area contributed by atoms with Crippen molar-refractivity contribution >= 4 is 22.9 Å². The lowest BCUT2D eigenvalue weighted by Gasteiger charge is -2.27. The van der Waals surface area contributed by atoms with Crippen LogP contribution in [0.2, 0.25) is 5.02 Å². The van der Waals surface area contributed by atoms with Gasteiger partial charge < -0.3 is 5.32 Å². The van der Waals surface area contributed by atoms with E-state index in [2.05, 4.69) is 54.9 Å². The summed E-state index contributed by atoms with van der Waals surface area (Å²) in [4.78, 5) is 1.25. The Morgan fingerprint density at radius 2 is 1.89 bits per heavy atom. The molecule has 0 saturated carbocycles. The van der Waals surface area contributed by atoms with Gasteiger partial charge in [0.2, 0.25) is 0 Å². The fourth-order valence-corrected chi connectivity index (χ4v) is 3.84. The van der Waals surface area contributed by atoms with Gasteiger partial charge in [0.15, 0.2) is 0 Å². The average molecular weight is 294 g/mol. The maximum Gasteiger partial charge on any atom is 0.0561 e. The van der Waals surface area contributed by atoms with Crippen LogP contribution in [-0.4, -0.2) is 6.54 Å². The Kier molecular flexibility index (Phi) is 5.44. The number of likely N-dealkylation sites (N-methyl/N-ethyl adjacent to an activating group) is 1. The second-order valence-corrected chi connectivity index (χ2v) is 5.95. The number of hydrogen-bond donors (Lipinski definition) is 1. The number of nitrogens with one attached hydrogen (secondary N) is 1. The normalized spacial score (nSPS) is 14.3. The summed E-state index contributed by atoms with van der Waals surface area (Å²) in [5, 5.41) is 6.55. The van der Waals surface area contributed by atoms with Crippen LogP contribution < -0.4 is 5.32 Å². The summed E-state index contributed by atoms with van der Waals surface area (Å²) >= 11 is 8.07. The number of rotatable bonds is 6. The van der Waals surface area contributed by atoms with E-state index in [1.165, 1.54) is 10.4 Å². The smallest absolute Gasteiger partial charge is 0.0561 e. The van der Waals surface area contributed by atoms with Crippen molar-refractivity contribution in [1.82, 2.24) is 5.32 Å². The SMILES string of the molecule is CCNC(c1sccc1Cl)C(CC)c1ccccc1. The third kappa shape index (κ3) is 3.38. The lowest BCUT2D eigenvalue weighted by atomic mass is 9.88. The zero-order valence-corrected chi connectivity index (χ0v) is 13.0. The van der Waals surface area contributed by atoms with E-state index in [0.717, 1.165) is 18.0 Å². The minimum Gasteiger partial charge on any atom is -0.309 e. The molecule has 0 aliphatic rings. The Morgan fingerprint density at radius 3 is 2.42 bits per heavy atom. The van der Waals surface area contributed by atoms with Crippen molar-refractivity contribution in [1.29, 1.82) is 0 Å². The number of benzene rings is 1. The molecule has 1 nitrogen and oxygen atoms in total. The Bertz CT molecular complexity index is 494. The van der Waals surface area contributed by atoms with Gasteiger partial charge in [0.1, 0.15) is 0 Å². The van der Waals surface area contributed by atoms with E-state index >= 15 is 0 Å². The number of halogens is 1. The molecule has 0 fully saturated rings. The Hall–Kier alpha value is -0.830. The van der Waals surface area contributed by atoms with Gasteiger partial charge >= 0.3 is 0 Å². The summed E-state index contributed by atoms with van der Waals surface area (Å²) in [5.41, 5.74) is 1.38. The van der Waals surface area contributed by atoms with Crippen molar-refractivity contribution in [3.8, 4) is 0 Å². The first-order valence-corrected chi connectivity index (χ1v) is 8.04. The summed E-state index contributed by atoms with van der Waals surface area (Å²) in [5.74, 6) is 0.456. The molecule has 1 aromatic heterocycles. The Labute approximate surface area is 124 Å². The first kappa shape index (κ1) is 14.6. The fraction of sp³-hybridized carbons (Fsp3) is 0.375. The third-order valence-electron chi connectivity index (χ3n) is 3.42. The molecule has 102 valence electrons. The van der Waals surface area contributed by atoms with Gasteiger partial charge in [-0.3, -0.25) is 0 Å². The molecule has 1 N–H and O–H groups in total. The second-order valence-electron chi connectivity index (χ2n) is 4.59. The van der Waals surface area contributed by atoms with E-state index in [1.54, 1.807) is 11.3 Å². The van der Waals surface area contributed by atoms with Gasteiger partial charge in [-0.05, 0) is 30.0 Å². The van der Waals surface area contributed by atoms with E-state index in [4.69, 9.17) is 11.6 Å². The van der Waals surface area contributed by atoms with Crippen molar-refractivity contribution < 1.29 is 0 Å². The van der Waals surface area contributed by atoms with Crippen LogP contribution in [0.4, 0.5) is 0 Å². The van der Waals surface area contributed by atoms with Gasteiger partial charge in [-0.15, -0.1) is 11.3 Å². The molecule has 1 heterocycles. The van der Waals surface area contributed by atoms with Crippen LogP contribution >= 0.6 is 22.9 Å². The Morgan fingerprint density at radius 1 is 1.16 bits per heavy atom. The van der Waals surface area contributed by atoms with Gasteiger partial charge in [0.05, 0.1) is 5.02 Å². The zero-order chi connectivity index (χ0) is 13.7. The first-order valence-electron chi connectivity index (χ1n) is 6.79. The lowest BCUT2D eigenvalue weighted by Crippen LogP contribution is -2.26. The molecule has 0 saturated heterocycles. The van der Waals surface area contributed by atoms with Gasteiger partial charge in [-0.1, -0.05) is 55.8 Å². The van der Waals surface area contributed by atoms with Crippen LogP contribution in [0, 0.1) is 0 Å². The molecule has 0 bridgehead atoms. The van der Waals surface area contributed by atoms with Crippen LogP contribution in [0.1, 0.15) is 42.7 Å². The Balaban J connectivity index is 2.34. The second kappa shape index (κ2) is 7.09. The number of hydrogen-bond acceptors (Lipinski definition) is 2. The van der Waals surface area contributed by atoms with E-state index in [9.17, 15) is 0 Å². The molecular weight excluding hydrogens is 274 g/mol. The fourth-order valence-electron chi connectivity index (χ4n) is 2.53. The molecule has 2 aromatic rings. The molecular formula is C16H20ClNS. The topological polar surface area (TPSA) is 12.0 Å². The number of thiophene rings is 1. The highest BCUT2D eigenvalue weighted by Gasteiger charge is 2.25. The van der Waals surface area contributed by atoms with Crippen molar-refractivity contribution in [3.63, 3.8) is 0 Å².